The van der Waals surface area contributed by atoms with Crippen LogP contribution in [0.25, 0.3) is 0 Å². The molecule has 72 valence electrons. The van der Waals surface area contributed by atoms with E-state index in [1.807, 2.05) is 5.40 Å². The molecular formula is C8H8N4OS. The molecule has 1 aromatic heterocycles. The highest BCUT2D eigenvalue weighted by molar-refractivity contribution is 8.02. The number of nitrogens with one attached hydrogen (secondary N) is 1. The van der Waals surface area contributed by atoms with Crippen LogP contribution in [-0.2, 0) is 0 Å². The number of aromatic nitrogens is 2. The normalized spacial score (nSPS) is 15.2. The van der Waals surface area contributed by atoms with Crippen molar-refractivity contribution in [3.05, 3.63) is 11.8 Å². The lowest BCUT2D eigenvalue weighted by molar-refractivity contribution is 0.0984. The predicted octanol–water partition coefficient (Wildman–Crippen LogP) is 1.25. The van der Waals surface area contributed by atoms with Crippen LogP contribution in [0.4, 0.5) is 5.82 Å². The molecule has 0 saturated heterocycles. The summed E-state index contributed by atoms with van der Waals surface area (Å²) in [6.07, 6.45) is 2.98. The van der Waals surface area contributed by atoms with Gasteiger partial charge in [-0.15, -0.1) is 5.10 Å². The van der Waals surface area contributed by atoms with E-state index in [1.165, 1.54) is 4.09 Å². The lowest BCUT2D eigenvalue weighted by Gasteiger charge is -1.96. The van der Waals surface area contributed by atoms with Crippen molar-refractivity contribution in [2.75, 3.05) is 11.9 Å². The fourth-order valence-corrected chi connectivity index (χ4v) is 1.73. The van der Waals surface area contributed by atoms with Gasteiger partial charge in [-0.25, -0.2) is 0 Å². The summed E-state index contributed by atoms with van der Waals surface area (Å²) in [6.45, 7) is 0.757. The van der Waals surface area contributed by atoms with Gasteiger partial charge in [-0.3, -0.25) is 4.79 Å². The molecule has 0 unspecified atom stereocenters. The third-order valence-corrected chi connectivity index (χ3v) is 2.46. The van der Waals surface area contributed by atoms with Crippen LogP contribution in [0.2, 0.25) is 0 Å². The summed E-state index contributed by atoms with van der Waals surface area (Å²) in [4.78, 5) is 11.5. The predicted molar refractivity (Wildman–Crippen MR) is 52.9 cm³/mol. The molecule has 1 aromatic rings. The molecule has 0 aromatic carbocycles. The molecule has 0 saturated carbocycles. The van der Waals surface area contributed by atoms with E-state index >= 15 is 0 Å². The topological polar surface area (TPSA) is 70.7 Å². The number of ketones is 1. The molecule has 1 aliphatic heterocycles. The molecule has 14 heavy (non-hydrogen) atoms. The Morgan fingerprint density at radius 1 is 1.71 bits per heavy atom. The van der Waals surface area contributed by atoms with Gasteiger partial charge in [0, 0.05) is 13.0 Å². The van der Waals surface area contributed by atoms with Crippen LogP contribution in [0.5, 0.6) is 0 Å². The van der Waals surface area contributed by atoms with Crippen LogP contribution >= 0.6 is 11.9 Å². The van der Waals surface area contributed by atoms with Gasteiger partial charge in [0.05, 0.1) is 23.7 Å². The molecule has 2 rings (SSSR count). The highest BCUT2D eigenvalue weighted by atomic mass is 32.2. The van der Waals surface area contributed by atoms with Crippen molar-refractivity contribution in [3.8, 4) is 5.40 Å². The van der Waals surface area contributed by atoms with Gasteiger partial charge in [-0.05, 0) is 6.42 Å². The maximum atomic E-state index is 11.5. The number of anilines is 1. The molecule has 6 heteroatoms. The zero-order chi connectivity index (χ0) is 9.97. The van der Waals surface area contributed by atoms with Crippen LogP contribution in [0.15, 0.2) is 6.20 Å². The van der Waals surface area contributed by atoms with Gasteiger partial charge in [-0.2, -0.15) is 9.35 Å². The molecule has 0 bridgehead atoms. The number of hydrogen-bond donors (Lipinski definition) is 1. The minimum Gasteiger partial charge on any atom is -0.368 e. The van der Waals surface area contributed by atoms with E-state index in [0.29, 0.717) is 17.8 Å². The van der Waals surface area contributed by atoms with Crippen LogP contribution in [-0.4, -0.2) is 21.5 Å². The van der Waals surface area contributed by atoms with Crippen LogP contribution < -0.4 is 5.32 Å². The summed E-state index contributed by atoms with van der Waals surface area (Å²) >= 11 is 0.897. The lowest BCUT2D eigenvalue weighted by atomic mass is 10.1. The number of carbonyl (C=O) groups excluding carboxylic acids is 1. The first-order valence-corrected chi connectivity index (χ1v) is 5.02. The fourth-order valence-electron chi connectivity index (χ4n) is 1.37. The van der Waals surface area contributed by atoms with Crippen LogP contribution in [0.3, 0.4) is 0 Å². The third kappa shape index (κ3) is 1.59. The SMILES string of the molecule is N#CSn1cc2c(n1)NCCCC2=O. The number of carbonyl (C=O) groups is 1. The maximum Gasteiger partial charge on any atom is 0.168 e. The average Bonchev–Trinajstić information content (AvgIpc) is 2.49. The van der Waals surface area contributed by atoms with Crippen molar-refractivity contribution in [2.24, 2.45) is 0 Å². The van der Waals surface area contributed by atoms with Gasteiger partial charge in [-0.1, -0.05) is 0 Å². The largest absolute Gasteiger partial charge is 0.368 e. The van der Waals surface area contributed by atoms with Crippen molar-refractivity contribution < 1.29 is 4.79 Å². The molecule has 0 fully saturated rings. The second-order valence-electron chi connectivity index (χ2n) is 2.93. The second-order valence-corrected chi connectivity index (χ2v) is 3.67. The van der Waals surface area contributed by atoms with Crippen molar-refractivity contribution in [1.82, 2.24) is 9.19 Å². The van der Waals surface area contributed by atoms with Gasteiger partial charge in [0.15, 0.2) is 17.0 Å². The molecule has 1 N–H and O–H groups in total. The zero-order valence-electron chi connectivity index (χ0n) is 7.36. The first-order valence-electron chi connectivity index (χ1n) is 4.24. The minimum atomic E-state index is 0.0924. The minimum absolute atomic E-state index is 0.0924. The number of fused-ring (bicyclic) bond motifs is 1. The van der Waals surface area contributed by atoms with Crippen LogP contribution in [0, 0.1) is 10.7 Å². The van der Waals surface area contributed by atoms with Crippen molar-refractivity contribution in [1.29, 1.82) is 5.26 Å². The maximum absolute atomic E-state index is 11.5. The quantitative estimate of drug-likeness (QED) is 0.703. The number of rotatable bonds is 1. The Labute approximate surface area is 85.2 Å². The van der Waals surface area contributed by atoms with E-state index in [2.05, 4.69) is 10.4 Å². The summed E-state index contributed by atoms with van der Waals surface area (Å²) in [7, 11) is 0. The molecule has 0 aliphatic carbocycles. The molecule has 0 amide bonds. The van der Waals surface area contributed by atoms with Crippen molar-refractivity contribution in [2.45, 2.75) is 12.8 Å². The van der Waals surface area contributed by atoms with Gasteiger partial charge >= 0.3 is 0 Å². The highest BCUT2D eigenvalue weighted by Crippen LogP contribution is 2.21. The van der Waals surface area contributed by atoms with E-state index in [4.69, 9.17) is 5.26 Å². The Bertz CT molecular complexity index is 406. The molecule has 0 atom stereocenters. The van der Waals surface area contributed by atoms with Crippen LogP contribution in [0.1, 0.15) is 23.2 Å². The zero-order valence-corrected chi connectivity index (χ0v) is 8.17. The monoisotopic (exact) mass is 208 g/mol. The number of Topliss-reactive ketones (excluding diaryl/α,β-unsaturated/α-hetero) is 1. The van der Waals surface area contributed by atoms with E-state index in [1.54, 1.807) is 6.20 Å². The molecular weight excluding hydrogens is 200 g/mol. The first-order chi connectivity index (χ1) is 6.81. The molecule has 2 heterocycles. The highest BCUT2D eigenvalue weighted by Gasteiger charge is 2.18. The Hall–Kier alpha value is -1.48. The van der Waals surface area contributed by atoms with Gasteiger partial charge in [0.1, 0.15) is 0 Å². The van der Waals surface area contributed by atoms with Gasteiger partial charge < -0.3 is 5.32 Å². The van der Waals surface area contributed by atoms with E-state index in [0.717, 1.165) is 24.9 Å². The second kappa shape index (κ2) is 3.72. The Morgan fingerprint density at radius 3 is 3.36 bits per heavy atom. The summed E-state index contributed by atoms with van der Waals surface area (Å²) in [6, 6.07) is 0. The summed E-state index contributed by atoms with van der Waals surface area (Å²) in [5.41, 5.74) is 0.588. The van der Waals surface area contributed by atoms with E-state index in [-0.39, 0.29) is 5.78 Å². The molecule has 1 aliphatic rings. The Balaban J connectivity index is 2.35. The number of nitrogens with zero attached hydrogens (tertiary/aromatic N) is 3. The number of nitriles is 1. The smallest absolute Gasteiger partial charge is 0.168 e. The first kappa shape index (κ1) is 9.09. The van der Waals surface area contributed by atoms with Gasteiger partial charge in [0.25, 0.3) is 0 Å². The number of thiocyanates is 1. The van der Waals surface area contributed by atoms with Gasteiger partial charge in [0.2, 0.25) is 0 Å². The Morgan fingerprint density at radius 2 is 2.57 bits per heavy atom. The fraction of sp³-hybridized carbons (Fsp3) is 0.375. The standard InChI is InChI=1S/C8H8N4OS/c9-5-14-12-4-6-7(13)2-1-3-10-8(6)11-12/h4H,1-3H2,(H,10,11). The van der Waals surface area contributed by atoms with Crippen molar-refractivity contribution >= 4 is 23.5 Å². The summed E-state index contributed by atoms with van der Waals surface area (Å²) in [5, 5.41) is 17.5. The van der Waals surface area contributed by atoms with Crippen molar-refractivity contribution in [3.63, 3.8) is 0 Å². The number of hydrogen-bond acceptors (Lipinski definition) is 5. The van der Waals surface area contributed by atoms with E-state index in [9.17, 15) is 4.79 Å². The molecule has 0 radical (unpaired) electrons. The average molecular weight is 208 g/mol. The summed E-state index contributed by atoms with van der Waals surface area (Å²) in [5.74, 6) is 0.685. The molecule has 0 spiro atoms. The van der Waals surface area contributed by atoms with E-state index < -0.39 is 0 Å². The Kier molecular flexibility index (Phi) is 2.41. The lowest BCUT2D eigenvalue weighted by Crippen LogP contribution is -2.00. The molecule has 5 nitrogen and oxygen atoms in total. The third-order valence-electron chi connectivity index (χ3n) is 2.00. The summed E-state index contributed by atoms with van der Waals surface area (Å²) < 4.78 is 1.40.